The lowest BCUT2D eigenvalue weighted by molar-refractivity contribution is -0.134. The molecule has 0 aliphatic heterocycles. The minimum atomic E-state index is -0.904. The summed E-state index contributed by atoms with van der Waals surface area (Å²) in [7, 11) is 1.67. The monoisotopic (exact) mass is 293 g/mol. The van der Waals surface area contributed by atoms with Crippen LogP contribution in [0.15, 0.2) is 24.3 Å². The molecule has 0 aliphatic carbocycles. The smallest absolute Gasteiger partial charge is 0.260 e. The second-order valence-corrected chi connectivity index (χ2v) is 6.20. The third-order valence-electron chi connectivity index (χ3n) is 3.46. The summed E-state index contributed by atoms with van der Waals surface area (Å²) >= 11 is 0. The van der Waals surface area contributed by atoms with Gasteiger partial charge in [0.2, 0.25) is 0 Å². The molecule has 118 valence electrons. The van der Waals surface area contributed by atoms with Gasteiger partial charge in [-0.2, -0.15) is 0 Å². The quantitative estimate of drug-likeness (QED) is 0.841. The van der Waals surface area contributed by atoms with Gasteiger partial charge in [0.1, 0.15) is 5.75 Å². The van der Waals surface area contributed by atoms with Gasteiger partial charge in [0.05, 0.1) is 5.60 Å². The van der Waals surface area contributed by atoms with Crippen LogP contribution in [-0.4, -0.2) is 41.7 Å². The minimum Gasteiger partial charge on any atom is -0.483 e. The number of likely N-dealkylation sites (N-methyl/N-ethyl adjacent to an activating group) is 1. The predicted molar refractivity (Wildman–Crippen MR) is 84.6 cm³/mol. The fourth-order valence-corrected chi connectivity index (χ4v) is 2.16. The lowest BCUT2D eigenvalue weighted by atomic mass is 9.98. The van der Waals surface area contributed by atoms with Crippen LogP contribution in [0.5, 0.6) is 5.75 Å². The van der Waals surface area contributed by atoms with Gasteiger partial charge in [-0.3, -0.25) is 4.79 Å². The second-order valence-electron chi connectivity index (χ2n) is 6.20. The molecule has 1 amide bonds. The van der Waals surface area contributed by atoms with E-state index in [1.165, 1.54) is 4.90 Å². The van der Waals surface area contributed by atoms with Crippen molar-refractivity contribution in [3.05, 3.63) is 29.8 Å². The largest absolute Gasteiger partial charge is 0.483 e. The predicted octanol–water partition coefficient (Wildman–Crippen LogP) is 2.81. The Morgan fingerprint density at radius 2 is 2.00 bits per heavy atom. The molecule has 1 unspecified atom stereocenters. The molecule has 1 rings (SSSR count). The van der Waals surface area contributed by atoms with Crippen molar-refractivity contribution in [2.45, 2.75) is 45.6 Å². The number of benzene rings is 1. The van der Waals surface area contributed by atoms with E-state index in [0.717, 1.165) is 17.7 Å². The van der Waals surface area contributed by atoms with Crippen LogP contribution in [-0.2, 0) is 4.79 Å². The number of hydrogen-bond acceptors (Lipinski definition) is 3. The van der Waals surface area contributed by atoms with E-state index < -0.39 is 5.60 Å². The highest BCUT2D eigenvalue weighted by Crippen LogP contribution is 2.28. The number of carbonyl (C=O) groups is 1. The number of carbonyl (C=O) groups excluding carboxylic acids is 1. The van der Waals surface area contributed by atoms with Gasteiger partial charge in [-0.25, -0.2) is 0 Å². The molecule has 0 spiro atoms. The van der Waals surface area contributed by atoms with Gasteiger partial charge in [-0.1, -0.05) is 32.0 Å². The molecule has 4 heteroatoms. The van der Waals surface area contributed by atoms with Gasteiger partial charge in [-0.15, -0.1) is 0 Å². The number of rotatable bonds is 7. The van der Waals surface area contributed by atoms with Crippen LogP contribution in [0, 0.1) is 0 Å². The van der Waals surface area contributed by atoms with E-state index in [1.54, 1.807) is 20.9 Å². The Hall–Kier alpha value is -1.55. The fourth-order valence-electron chi connectivity index (χ4n) is 2.16. The Balaban J connectivity index is 2.65. The lowest BCUT2D eigenvalue weighted by Gasteiger charge is -2.25. The Labute approximate surface area is 127 Å². The topological polar surface area (TPSA) is 49.8 Å². The Morgan fingerprint density at radius 3 is 2.57 bits per heavy atom. The summed E-state index contributed by atoms with van der Waals surface area (Å²) in [5.74, 6) is 1.01. The number of nitrogens with zero attached hydrogens (tertiary/aromatic N) is 1. The molecule has 0 bridgehead atoms. The number of aliphatic hydroxyl groups is 1. The molecule has 1 N–H and O–H groups in total. The highest BCUT2D eigenvalue weighted by Gasteiger charge is 2.20. The molecule has 0 saturated carbocycles. The second kappa shape index (κ2) is 7.46. The van der Waals surface area contributed by atoms with Crippen molar-refractivity contribution in [1.82, 2.24) is 4.90 Å². The average Bonchev–Trinajstić information content (AvgIpc) is 2.42. The number of ether oxygens (including phenoxy) is 1. The van der Waals surface area contributed by atoms with Crippen molar-refractivity contribution < 1.29 is 14.6 Å². The summed E-state index contributed by atoms with van der Waals surface area (Å²) < 4.78 is 5.68. The van der Waals surface area contributed by atoms with E-state index in [1.807, 2.05) is 24.3 Å². The molecule has 0 aromatic heterocycles. The normalized spacial score (nSPS) is 12.9. The van der Waals surface area contributed by atoms with Crippen LogP contribution in [0.3, 0.4) is 0 Å². The molecule has 1 aromatic carbocycles. The maximum Gasteiger partial charge on any atom is 0.260 e. The highest BCUT2D eigenvalue weighted by atomic mass is 16.5. The Kier molecular flexibility index (Phi) is 6.21. The maximum atomic E-state index is 12.0. The van der Waals surface area contributed by atoms with Crippen molar-refractivity contribution >= 4 is 5.91 Å². The lowest BCUT2D eigenvalue weighted by Crippen LogP contribution is -2.41. The van der Waals surface area contributed by atoms with Gasteiger partial charge < -0.3 is 14.7 Å². The maximum absolute atomic E-state index is 12.0. The molecule has 21 heavy (non-hydrogen) atoms. The SMILES string of the molecule is CCC(C)c1ccccc1OCC(=O)N(C)CC(C)(C)O. The van der Waals surface area contributed by atoms with Gasteiger partial charge in [0.25, 0.3) is 5.91 Å². The molecule has 0 heterocycles. The molecular weight excluding hydrogens is 266 g/mol. The van der Waals surface area contributed by atoms with Crippen molar-refractivity contribution in [2.24, 2.45) is 0 Å². The molecule has 0 saturated heterocycles. The number of hydrogen-bond donors (Lipinski definition) is 1. The first kappa shape index (κ1) is 17.5. The Morgan fingerprint density at radius 1 is 1.38 bits per heavy atom. The van der Waals surface area contributed by atoms with Crippen LogP contribution in [0.1, 0.15) is 45.6 Å². The number of para-hydroxylation sites is 1. The zero-order valence-electron chi connectivity index (χ0n) is 13.7. The minimum absolute atomic E-state index is 0.0139. The molecule has 0 aliphatic rings. The summed E-state index contributed by atoms with van der Waals surface area (Å²) in [5.41, 5.74) is 0.219. The van der Waals surface area contributed by atoms with Crippen LogP contribution in [0.4, 0.5) is 0 Å². The summed E-state index contributed by atoms with van der Waals surface area (Å²) in [6.07, 6.45) is 1.02. The summed E-state index contributed by atoms with van der Waals surface area (Å²) in [6, 6.07) is 7.82. The third-order valence-corrected chi connectivity index (χ3v) is 3.46. The zero-order valence-corrected chi connectivity index (χ0v) is 13.7. The fraction of sp³-hybridized carbons (Fsp3) is 0.588. The van der Waals surface area contributed by atoms with Gasteiger partial charge >= 0.3 is 0 Å². The van der Waals surface area contributed by atoms with Crippen LogP contribution < -0.4 is 4.74 Å². The number of amides is 1. The zero-order chi connectivity index (χ0) is 16.0. The van der Waals surface area contributed by atoms with E-state index in [0.29, 0.717) is 5.92 Å². The molecular formula is C17H27NO3. The highest BCUT2D eigenvalue weighted by molar-refractivity contribution is 5.77. The first-order valence-corrected chi connectivity index (χ1v) is 7.42. The molecule has 0 fully saturated rings. The molecule has 4 nitrogen and oxygen atoms in total. The average molecular weight is 293 g/mol. The third kappa shape index (κ3) is 5.76. The van der Waals surface area contributed by atoms with E-state index in [9.17, 15) is 9.90 Å². The molecule has 1 aromatic rings. The van der Waals surface area contributed by atoms with E-state index in [-0.39, 0.29) is 19.1 Å². The molecule has 0 radical (unpaired) electrons. The van der Waals surface area contributed by atoms with Crippen molar-refractivity contribution in [3.8, 4) is 5.75 Å². The van der Waals surface area contributed by atoms with Crippen molar-refractivity contribution in [3.63, 3.8) is 0 Å². The van der Waals surface area contributed by atoms with E-state index >= 15 is 0 Å². The van der Waals surface area contributed by atoms with Gasteiger partial charge in [0, 0.05) is 13.6 Å². The van der Waals surface area contributed by atoms with Crippen LogP contribution in [0.2, 0.25) is 0 Å². The summed E-state index contributed by atoms with van der Waals surface area (Å²) in [5, 5.41) is 9.74. The first-order valence-electron chi connectivity index (χ1n) is 7.42. The van der Waals surface area contributed by atoms with Crippen LogP contribution >= 0.6 is 0 Å². The van der Waals surface area contributed by atoms with Gasteiger partial charge in [-0.05, 0) is 37.8 Å². The van der Waals surface area contributed by atoms with E-state index in [2.05, 4.69) is 13.8 Å². The van der Waals surface area contributed by atoms with Crippen molar-refractivity contribution in [2.75, 3.05) is 20.2 Å². The summed E-state index contributed by atoms with van der Waals surface area (Å²) in [6.45, 7) is 7.89. The first-order chi connectivity index (χ1) is 9.74. The Bertz CT molecular complexity index is 465. The van der Waals surface area contributed by atoms with E-state index in [4.69, 9.17) is 4.74 Å². The summed E-state index contributed by atoms with van der Waals surface area (Å²) in [4.78, 5) is 13.5. The van der Waals surface area contributed by atoms with Gasteiger partial charge in [0.15, 0.2) is 6.61 Å². The van der Waals surface area contributed by atoms with Crippen molar-refractivity contribution in [1.29, 1.82) is 0 Å². The standard InChI is InChI=1S/C17H27NO3/c1-6-13(2)14-9-7-8-10-15(14)21-11-16(19)18(5)12-17(3,4)20/h7-10,13,20H,6,11-12H2,1-5H3. The molecule has 1 atom stereocenters. The van der Waals surface area contributed by atoms with Crippen LogP contribution in [0.25, 0.3) is 0 Å².